The van der Waals surface area contributed by atoms with Crippen LogP contribution >= 0.6 is 0 Å². The minimum atomic E-state index is -0.0300. The summed E-state index contributed by atoms with van der Waals surface area (Å²) >= 11 is 0. The molecule has 1 fully saturated rings. The third-order valence-electron chi connectivity index (χ3n) is 6.98. The van der Waals surface area contributed by atoms with Crippen LogP contribution in [0.5, 0.6) is 0 Å². The number of anilines is 2. The van der Waals surface area contributed by atoms with Gasteiger partial charge in [-0.05, 0) is 43.7 Å². The van der Waals surface area contributed by atoms with Crippen molar-refractivity contribution in [2.75, 3.05) is 56.3 Å². The fourth-order valence-electron chi connectivity index (χ4n) is 4.79. The van der Waals surface area contributed by atoms with Crippen LogP contribution in [0.4, 0.5) is 11.5 Å². The normalized spacial score (nSPS) is 18.5. The number of benzene rings is 1. The van der Waals surface area contributed by atoms with Gasteiger partial charge < -0.3 is 19.9 Å². The zero-order valence-corrected chi connectivity index (χ0v) is 21.9. The molecule has 0 aliphatic carbocycles. The first kappa shape index (κ1) is 25.6. The second kappa shape index (κ2) is 11.6. The highest BCUT2D eigenvalue weighted by molar-refractivity contribution is 5.97. The SMILES string of the molecule is CCN(CC)C(=O)Cc1ccc(N2C=C(Nc3ccc(C(=O)N4CCOCC4)cn3)C3=NC=C[NH+]3C2)cc1. The number of ether oxygens (including phenoxy) is 1. The van der Waals surface area contributed by atoms with Crippen LogP contribution in [0.3, 0.4) is 0 Å². The van der Waals surface area contributed by atoms with Gasteiger partial charge >= 0.3 is 0 Å². The fourth-order valence-corrected chi connectivity index (χ4v) is 4.79. The molecule has 2 aromatic rings. The average Bonchev–Trinajstić information content (AvgIpc) is 3.44. The first-order valence-corrected chi connectivity index (χ1v) is 13.1. The third-order valence-corrected chi connectivity index (χ3v) is 6.98. The van der Waals surface area contributed by atoms with E-state index >= 15 is 0 Å². The predicted molar refractivity (Wildman–Crippen MR) is 146 cm³/mol. The van der Waals surface area contributed by atoms with Gasteiger partial charge in [-0.25, -0.2) is 9.88 Å². The summed E-state index contributed by atoms with van der Waals surface area (Å²) in [6.07, 6.45) is 7.87. The number of hydrogen-bond acceptors (Lipinski definition) is 7. The number of aromatic nitrogens is 1. The van der Waals surface area contributed by atoms with Gasteiger partial charge in [-0.2, -0.15) is 4.99 Å². The van der Waals surface area contributed by atoms with Gasteiger partial charge in [-0.3, -0.25) is 14.5 Å². The first-order valence-electron chi connectivity index (χ1n) is 13.1. The van der Waals surface area contributed by atoms with E-state index in [0.717, 1.165) is 40.8 Å². The molecule has 0 saturated carbocycles. The van der Waals surface area contributed by atoms with Crippen LogP contribution in [0.25, 0.3) is 0 Å². The van der Waals surface area contributed by atoms with Crippen molar-refractivity contribution in [1.29, 1.82) is 0 Å². The molecular weight excluding hydrogens is 482 g/mol. The summed E-state index contributed by atoms with van der Waals surface area (Å²) in [7, 11) is 0. The second-order valence-electron chi connectivity index (χ2n) is 9.36. The third kappa shape index (κ3) is 5.61. The largest absolute Gasteiger partial charge is 0.378 e. The molecule has 2 N–H and O–H groups in total. The lowest BCUT2D eigenvalue weighted by molar-refractivity contribution is -0.743. The molecule has 0 spiro atoms. The Kier molecular flexibility index (Phi) is 7.81. The molecule has 1 aromatic carbocycles. The highest BCUT2D eigenvalue weighted by Crippen LogP contribution is 2.20. The van der Waals surface area contributed by atoms with Crippen molar-refractivity contribution in [3.63, 3.8) is 0 Å². The van der Waals surface area contributed by atoms with Crippen LogP contribution in [-0.4, -0.2) is 78.5 Å². The van der Waals surface area contributed by atoms with Gasteiger partial charge in [0, 0.05) is 44.3 Å². The Hall–Kier alpha value is -4.02. The summed E-state index contributed by atoms with van der Waals surface area (Å²) < 4.78 is 5.34. The molecule has 1 atom stereocenters. The number of rotatable bonds is 8. The van der Waals surface area contributed by atoms with E-state index in [0.29, 0.717) is 50.8 Å². The van der Waals surface area contributed by atoms with E-state index in [2.05, 4.69) is 20.2 Å². The van der Waals surface area contributed by atoms with E-state index in [9.17, 15) is 9.59 Å². The molecule has 10 nitrogen and oxygen atoms in total. The highest BCUT2D eigenvalue weighted by Gasteiger charge is 2.31. The summed E-state index contributed by atoms with van der Waals surface area (Å²) in [6, 6.07) is 11.7. The lowest BCUT2D eigenvalue weighted by Crippen LogP contribution is -3.12. The number of amides is 2. The summed E-state index contributed by atoms with van der Waals surface area (Å²) in [4.78, 5) is 41.2. The van der Waals surface area contributed by atoms with E-state index in [1.54, 1.807) is 17.2 Å². The molecule has 5 rings (SSSR count). The van der Waals surface area contributed by atoms with Crippen LogP contribution < -0.4 is 15.1 Å². The Balaban J connectivity index is 1.29. The Morgan fingerprint density at radius 3 is 2.53 bits per heavy atom. The summed E-state index contributed by atoms with van der Waals surface area (Å²) in [6.45, 7) is 8.46. The van der Waals surface area contributed by atoms with Crippen LogP contribution in [0, 0.1) is 0 Å². The van der Waals surface area contributed by atoms with E-state index in [-0.39, 0.29) is 11.8 Å². The number of morpholine rings is 1. The molecule has 1 saturated heterocycles. The first-order chi connectivity index (χ1) is 18.6. The topological polar surface area (TPSA) is 94.8 Å². The molecule has 2 amide bonds. The Bertz CT molecular complexity index is 1240. The molecule has 4 heterocycles. The summed E-state index contributed by atoms with van der Waals surface area (Å²) in [5.74, 6) is 1.64. The number of quaternary nitrogens is 1. The number of amidine groups is 1. The Morgan fingerprint density at radius 1 is 1.08 bits per heavy atom. The molecule has 10 heteroatoms. The van der Waals surface area contributed by atoms with Crippen LogP contribution in [0.2, 0.25) is 0 Å². The maximum absolute atomic E-state index is 12.7. The van der Waals surface area contributed by atoms with Crippen molar-refractivity contribution in [3.05, 3.63) is 78.0 Å². The molecule has 0 bridgehead atoms. The van der Waals surface area contributed by atoms with Crippen LogP contribution in [0.15, 0.2) is 71.9 Å². The van der Waals surface area contributed by atoms with Gasteiger partial charge in [0.25, 0.3) is 11.7 Å². The zero-order chi connectivity index (χ0) is 26.5. The smallest absolute Gasteiger partial charge is 0.257 e. The Morgan fingerprint density at radius 2 is 1.84 bits per heavy atom. The molecule has 0 radical (unpaired) electrons. The number of fused-ring (bicyclic) bond motifs is 1. The maximum Gasteiger partial charge on any atom is 0.257 e. The molecule has 198 valence electrons. The van der Waals surface area contributed by atoms with Crippen molar-refractivity contribution >= 4 is 29.2 Å². The van der Waals surface area contributed by atoms with Crippen LogP contribution in [0.1, 0.15) is 29.8 Å². The highest BCUT2D eigenvalue weighted by atomic mass is 16.5. The summed E-state index contributed by atoms with van der Waals surface area (Å²) in [5, 5.41) is 3.38. The number of nitrogens with one attached hydrogen (secondary N) is 2. The molecule has 1 unspecified atom stereocenters. The number of carbonyl (C=O) groups is 2. The predicted octanol–water partition coefficient (Wildman–Crippen LogP) is 1.46. The summed E-state index contributed by atoms with van der Waals surface area (Å²) in [5.41, 5.74) is 3.41. The van der Waals surface area contributed by atoms with E-state index in [4.69, 9.17) is 4.74 Å². The molecule has 3 aliphatic heterocycles. The maximum atomic E-state index is 12.7. The minimum absolute atomic E-state index is 0.0300. The second-order valence-corrected chi connectivity index (χ2v) is 9.36. The van der Waals surface area contributed by atoms with Gasteiger partial charge in [0.05, 0.1) is 31.4 Å². The monoisotopic (exact) mass is 516 g/mol. The van der Waals surface area contributed by atoms with Gasteiger partial charge in [0.15, 0.2) is 6.67 Å². The fraction of sp³-hybridized carbons (Fsp3) is 0.357. The standard InChI is InChI=1S/C28H33N7O3/c1-3-32(4-2)26(36)17-21-5-8-23(9-6-21)35-19-24(27-29-11-12-34(27)20-35)31-25-10-7-22(18-30-25)28(37)33-13-15-38-16-14-33/h5-12,18-19H,3-4,13-17,20H2,1-2H3,(H,30,31)/p+1. The molecule has 1 aromatic heterocycles. The molecule has 3 aliphatic rings. The van der Waals surface area contributed by atoms with Gasteiger partial charge in [0.1, 0.15) is 17.7 Å². The van der Waals surface area contributed by atoms with E-state index in [1.807, 2.05) is 67.7 Å². The van der Waals surface area contributed by atoms with Gasteiger partial charge in [-0.1, -0.05) is 12.1 Å². The van der Waals surface area contributed by atoms with Crippen LogP contribution in [-0.2, 0) is 16.0 Å². The van der Waals surface area contributed by atoms with Gasteiger partial charge in [0.2, 0.25) is 5.91 Å². The minimum Gasteiger partial charge on any atom is -0.378 e. The van der Waals surface area contributed by atoms with Crippen molar-refractivity contribution in [3.8, 4) is 0 Å². The number of hydrogen-bond donors (Lipinski definition) is 2. The van der Waals surface area contributed by atoms with E-state index < -0.39 is 0 Å². The lowest BCUT2D eigenvalue weighted by atomic mass is 10.1. The van der Waals surface area contributed by atoms with E-state index in [1.165, 1.54) is 0 Å². The van der Waals surface area contributed by atoms with Crippen molar-refractivity contribution in [2.24, 2.45) is 4.99 Å². The number of pyridine rings is 1. The number of carbonyl (C=O) groups excluding carboxylic acids is 2. The van der Waals surface area contributed by atoms with Crippen molar-refractivity contribution in [1.82, 2.24) is 14.8 Å². The van der Waals surface area contributed by atoms with Gasteiger partial charge in [-0.15, -0.1) is 0 Å². The lowest BCUT2D eigenvalue weighted by Gasteiger charge is -2.30. The van der Waals surface area contributed by atoms with Crippen molar-refractivity contribution < 1.29 is 19.2 Å². The number of nitrogens with zero attached hydrogens (tertiary/aromatic N) is 5. The average molecular weight is 517 g/mol. The molecule has 38 heavy (non-hydrogen) atoms. The van der Waals surface area contributed by atoms with Crippen molar-refractivity contribution in [2.45, 2.75) is 20.3 Å². The number of likely N-dealkylation sites (N-methyl/N-ethyl adjacent to an activating group) is 1. The number of aliphatic imine (C=N–C) groups is 1. The quantitative estimate of drug-likeness (QED) is 0.552. The Labute approximate surface area is 222 Å². The molecular formula is C28H34N7O3+. The zero-order valence-electron chi connectivity index (χ0n) is 21.9.